The quantitative estimate of drug-likeness (QED) is 0.793. The molecule has 0 radical (unpaired) electrons. The van der Waals surface area contributed by atoms with E-state index in [1.165, 1.54) is 11.1 Å². The Kier molecular flexibility index (Phi) is 3.92. The number of aliphatic hydroxyl groups is 1. The Morgan fingerprint density at radius 2 is 1.27 bits per heavy atom. The van der Waals surface area contributed by atoms with Gasteiger partial charge in [0.25, 0.3) is 0 Å². The molecule has 1 atom stereocenters. The van der Waals surface area contributed by atoms with Crippen LogP contribution in [0.2, 0.25) is 0 Å². The minimum Gasteiger partial charge on any atom is -0.389 e. The summed E-state index contributed by atoms with van der Waals surface area (Å²) >= 11 is 0. The molecular formula is C14H22O. The van der Waals surface area contributed by atoms with Crippen LogP contribution in [0.15, 0.2) is 18.2 Å². The highest BCUT2D eigenvalue weighted by molar-refractivity contribution is 5.40. The van der Waals surface area contributed by atoms with Crippen LogP contribution >= 0.6 is 0 Å². The lowest BCUT2D eigenvalue weighted by Crippen LogP contribution is -2.06. The molecule has 84 valence electrons. The molecule has 0 heterocycles. The molecule has 0 spiro atoms. The summed E-state index contributed by atoms with van der Waals surface area (Å²) in [4.78, 5) is 0. The predicted molar refractivity (Wildman–Crippen MR) is 65.3 cm³/mol. The number of aliphatic hydroxyl groups excluding tert-OH is 1. The Morgan fingerprint density at radius 1 is 0.867 bits per heavy atom. The van der Waals surface area contributed by atoms with Crippen molar-refractivity contribution in [3.05, 3.63) is 34.9 Å². The smallest absolute Gasteiger partial charge is 0.0767 e. The Balaban J connectivity index is 3.35. The van der Waals surface area contributed by atoms with Gasteiger partial charge in [-0.3, -0.25) is 0 Å². The first-order chi connectivity index (χ1) is 6.95. The third-order valence-corrected chi connectivity index (χ3v) is 2.84. The van der Waals surface area contributed by atoms with Gasteiger partial charge in [-0.05, 0) is 35.4 Å². The molecule has 0 saturated heterocycles. The van der Waals surface area contributed by atoms with Crippen LogP contribution in [0.4, 0.5) is 0 Å². The zero-order valence-corrected chi connectivity index (χ0v) is 10.4. The molecule has 1 aromatic rings. The summed E-state index contributed by atoms with van der Waals surface area (Å²) in [5.74, 6) is 0.932. The maximum atomic E-state index is 9.88. The van der Waals surface area contributed by atoms with Crippen LogP contribution in [0, 0.1) is 0 Å². The minimum absolute atomic E-state index is 0.374. The Bertz CT molecular complexity index is 298. The predicted octanol–water partition coefficient (Wildman–Crippen LogP) is 3.99. The molecule has 0 saturated carbocycles. The van der Waals surface area contributed by atoms with Gasteiger partial charge in [0.2, 0.25) is 0 Å². The van der Waals surface area contributed by atoms with E-state index in [1.54, 1.807) is 0 Å². The zero-order valence-electron chi connectivity index (χ0n) is 10.4. The van der Waals surface area contributed by atoms with Crippen LogP contribution in [0.5, 0.6) is 0 Å². The van der Waals surface area contributed by atoms with Gasteiger partial charge in [0.15, 0.2) is 0 Å². The summed E-state index contributed by atoms with van der Waals surface area (Å²) in [5.41, 5.74) is 3.68. The van der Waals surface area contributed by atoms with Gasteiger partial charge in [-0.25, -0.2) is 0 Å². The first kappa shape index (κ1) is 12.3. The average Bonchev–Trinajstić information content (AvgIpc) is 2.16. The van der Waals surface area contributed by atoms with E-state index in [1.807, 2.05) is 6.92 Å². The van der Waals surface area contributed by atoms with E-state index in [2.05, 4.69) is 45.9 Å². The van der Waals surface area contributed by atoms with Gasteiger partial charge >= 0.3 is 0 Å². The Morgan fingerprint density at radius 3 is 1.53 bits per heavy atom. The van der Waals surface area contributed by atoms with Crippen molar-refractivity contribution in [2.24, 2.45) is 0 Å². The van der Waals surface area contributed by atoms with Gasteiger partial charge in [0, 0.05) is 0 Å². The highest BCUT2D eigenvalue weighted by Crippen LogP contribution is 2.31. The van der Waals surface area contributed by atoms with Crippen molar-refractivity contribution >= 4 is 0 Å². The minimum atomic E-state index is -0.374. The van der Waals surface area contributed by atoms with E-state index >= 15 is 0 Å². The molecular weight excluding hydrogens is 184 g/mol. The van der Waals surface area contributed by atoms with Gasteiger partial charge in [-0.1, -0.05) is 45.9 Å². The molecule has 15 heavy (non-hydrogen) atoms. The molecule has 0 amide bonds. The highest BCUT2D eigenvalue weighted by Gasteiger charge is 2.16. The first-order valence-electron chi connectivity index (χ1n) is 5.75. The molecule has 0 fully saturated rings. The number of hydrogen-bond acceptors (Lipinski definition) is 1. The summed E-state index contributed by atoms with van der Waals surface area (Å²) < 4.78 is 0. The molecule has 0 aromatic heterocycles. The Hall–Kier alpha value is -0.820. The third-order valence-electron chi connectivity index (χ3n) is 2.84. The summed E-state index contributed by atoms with van der Waals surface area (Å²) in [6.07, 6.45) is -0.374. The van der Waals surface area contributed by atoms with Crippen LogP contribution < -0.4 is 0 Å². The summed E-state index contributed by atoms with van der Waals surface area (Å²) in [7, 11) is 0. The fraction of sp³-hybridized carbons (Fsp3) is 0.571. The van der Waals surface area contributed by atoms with Crippen LogP contribution in [0.1, 0.15) is 69.2 Å². The van der Waals surface area contributed by atoms with Crippen molar-refractivity contribution in [2.75, 3.05) is 0 Å². The molecule has 1 N–H and O–H groups in total. The number of rotatable bonds is 3. The summed E-state index contributed by atoms with van der Waals surface area (Å²) in [5, 5.41) is 9.88. The molecule has 0 aliphatic rings. The molecule has 0 bridgehead atoms. The van der Waals surface area contributed by atoms with Crippen molar-refractivity contribution in [1.82, 2.24) is 0 Å². The fourth-order valence-electron chi connectivity index (χ4n) is 2.09. The number of benzene rings is 1. The molecule has 1 aromatic carbocycles. The van der Waals surface area contributed by atoms with E-state index in [0.717, 1.165) is 5.56 Å². The van der Waals surface area contributed by atoms with Gasteiger partial charge in [0.1, 0.15) is 0 Å². The van der Waals surface area contributed by atoms with Crippen LogP contribution in [-0.4, -0.2) is 5.11 Å². The van der Waals surface area contributed by atoms with E-state index in [0.29, 0.717) is 11.8 Å². The van der Waals surface area contributed by atoms with E-state index in [9.17, 15) is 5.11 Å². The van der Waals surface area contributed by atoms with E-state index in [4.69, 9.17) is 0 Å². The zero-order chi connectivity index (χ0) is 11.6. The number of hydrogen-bond donors (Lipinski definition) is 1. The first-order valence-corrected chi connectivity index (χ1v) is 5.75. The van der Waals surface area contributed by atoms with Gasteiger partial charge in [-0.2, -0.15) is 0 Å². The molecule has 1 rings (SSSR count). The van der Waals surface area contributed by atoms with E-state index < -0.39 is 0 Å². The van der Waals surface area contributed by atoms with Crippen LogP contribution in [0.25, 0.3) is 0 Å². The lowest BCUT2D eigenvalue weighted by atomic mass is 9.86. The van der Waals surface area contributed by atoms with Crippen molar-refractivity contribution in [2.45, 2.75) is 52.6 Å². The SMILES string of the molecule is CC(C)c1cccc(C(C)C)c1C(C)O. The van der Waals surface area contributed by atoms with Gasteiger partial charge in [0.05, 0.1) is 6.10 Å². The normalized spacial score (nSPS) is 13.6. The molecule has 1 unspecified atom stereocenters. The molecule has 0 aliphatic heterocycles. The largest absolute Gasteiger partial charge is 0.389 e. The second kappa shape index (κ2) is 4.80. The van der Waals surface area contributed by atoms with Crippen LogP contribution in [0.3, 0.4) is 0 Å². The maximum absolute atomic E-state index is 9.88. The van der Waals surface area contributed by atoms with Crippen molar-refractivity contribution in [1.29, 1.82) is 0 Å². The second-order valence-electron chi connectivity index (χ2n) is 4.84. The summed E-state index contributed by atoms with van der Waals surface area (Å²) in [6, 6.07) is 6.34. The van der Waals surface area contributed by atoms with Crippen LogP contribution in [-0.2, 0) is 0 Å². The highest BCUT2D eigenvalue weighted by atomic mass is 16.3. The Labute approximate surface area is 93.1 Å². The topological polar surface area (TPSA) is 20.2 Å². The standard InChI is InChI=1S/C14H22O/c1-9(2)12-7-6-8-13(10(3)4)14(12)11(5)15/h6-11,15H,1-5H3. The van der Waals surface area contributed by atoms with E-state index in [-0.39, 0.29) is 6.10 Å². The average molecular weight is 206 g/mol. The molecule has 1 heteroatoms. The lowest BCUT2D eigenvalue weighted by molar-refractivity contribution is 0.196. The van der Waals surface area contributed by atoms with Gasteiger partial charge in [-0.15, -0.1) is 0 Å². The lowest BCUT2D eigenvalue weighted by Gasteiger charge is -2.21. The fourth-order valence-corrected chi connectivity index (χ4v) is 2.09. The second-order valence-corrected chi connectivity index (χ2v) is 4.84. The third kappa shape index (κ3) is 2.60. The molecule has 1 nitrogen and oxygen atoms in total. The monoisotopic (exact) mass is 206 g/mol. The van der Waals surface area contributed by atoms with Crippen molar-refractivity contribution < 1.29 is 5.11 Å². The van der Waals surface area contributed by atoms with Crippen molar-refractivity contribution in [3.8, 4) is 0 Å². The molecule has 0 aliphatic carbocycles. The maximum Gasteiger partial charge on any atom is 0.0767 e. The summed E-state index contributed by atoms with van der Waals surface area (Å²) in [6.45, 7) is 10.5. The van der Waals surface area contributed by atoms with Gasteiger partial charge < -0.3 is 5.11 Å². The van der Waals surface area contributed by atoms with Crippen molar-refractivity contribution in [3.63, 3.8) is 0 Å².